The molecule has 0 fully saturated rings. The molecule has 2 aliphatic carbocycles. The predicted octanol–water partition coefficient (Wildman–Crippen LogP) is 3.45. The maximum atomic E-state index is 2.47. The van der Waals surface area contributed by atoms with Gasteiger partial charge in [0.05, 0.1) is 0 Å². The summed E-state index contributed by atoms with van der Waals surface area (Å²) < 4.78 is 0. The highest BCUT2D eigenvalue weighted by atomic mass is 14.3. The summed E-state index contributed by atoms with van der Waals surface area (Å²) in [7, 11) is 0. The molecule has 0 saturated heterocycles. The van der Waals surface area contributed by atoms with Crippen molar-refractivity contribution in [2.24, 2.45) is 5.41 Å². The first-order valence-corrected chi connectivity index (χ1v) is 4.74. The summed E-state index contributed by atoms with van der Waals surface area (Å²) in [4.78, 5) is 0. The van der Waals surface area contributed by atoms with E-state index in [4.69, 9.17) is 0 Å². The van der Waals surface area contributed by atoms with Gasteiger partial charge in [-0.3, -0.25) is 0 Å². The van der Waals surface area contributed by atoms with E-state index in [2.05, 4.69) is 24.3 Å². The lowest BCUT2D eigenvalue weighted by Gasteiger charge is -2.34. The second kappa shape index (κ2) is 2.84. The lowest BCUT2D eigenvalue weighted by atomic mass is 9.71. The van der Waals surface area contributed by atoms with E-state index in [1.165, 1.54) is 38.5 Å². The second-order valence-electron chi connectivity index (χ2n) is 3.87. The van der Waals surface area contributed by atoms with Crippen molar-refractivity contribution in [2.75, 3.05) is 0 Å². The quantitative estimate of drug-likeness (QED) is 0.461. The molecule has 0 N–H and O–H groups in total. The Bertz CT molecular complexity index is 188. The van der Waals surface area contributed by atoms with Crippen LogP contribution in [-0.2, 0) is 0 Å². The van der Waals surface area contributed by atoms with Crippen LogP contribution in [0, 0.1) is 5.41 Å². The molecule has 1 atom stereocenters. The van der Waals surface area contributed by atoms with Crippen LogP contribution in [0.15, 0.2) is 24.3 Å². The average Bonchev–Trinajstić information content (AvgIpc) is 2.07. The van der Waals surface area contributed by atoms with Crippen LogP contribution in [0.3, 0.4) is 0 Å². The molecule has 0 heteroatoms. The highest BCUT2D eigenvalue weighted by Crippen LogP contribution is 2.41. The Morgan fingerprint density at radius 1 is 0.909 bits per heavy atom. The molecule has 0 aromatic carbocycles. The zero-order valence-electron chi connectivity index (χ0n) is 7.05. The second-order valence-corrected chi connectivity index (χ2v) is 3.87. The third kappa shape index (κ3) is 1.40. The van der Waals surface area contributed by atoms with Gasteiger partial charge in [0.1, 0.15) is 0 Å². The van der Waals surface area contributed by atoms with Crippen LogP contribution in [0.1, 0.15) is 38.5 Å². The normalized spacial score (nSPS) is 36.4. The van der Waals surface area contributed by atoms with E-state index in [1.54, 1.807) is 0 Å². The van der Waals surface area contributed by atoms with E-state index in [0.29, 0.717) is 5.41 Å². The van der Waals surface area contributed by atoms with Crippen LogP contribution in [0.5, 0.6) is 0 Å². The molecule has 0 amide bonds. The molecular weight excluding hydrogens is 132 g/mol. The zero-order chi connectivity index (χ0) is 7.57. The van der Waals surface area contributed by atoms with Crippen molar-refractivity contribution >= 4 is 0 Å². The molecule has 1 unspecified atom stereocenters. The van der Waals surface area contributed by atoms with Crippen molar-refractivity contribution in [1.82, 2.24) is 0 Å². The monoisotopic (exact) mass is 148 g/mol. The highest BCUT2D eigenvalue weighted by molar-refractivity contribution is 5.10. The summed E-state index contributed by atoms with van der Waals surface area (Å²) in [5.41, 5.74) is 0.590. The van der Waals surface area contributed by atoms with Crippen LogP contribution in [0.25, 0.3) is 0 Å². The van der Waals surface area contributed by atoms with Crippen molar-refractivity contribution in [1.29, 1.82) is 0 Å². The lowest BCUT2D eigenvalue weighted by molar-refractivity contribution is 0.298. The van der Waals surface area contributed by atoms with Gasteiger partial charge in [-0.2, -0.15) is 0 Å². The Kier molecular flexibility index (Phi) is 1.85. The van der Waals surface area contributed by atoms with E-state index >= 15 is 0 Å². The van der Waals surface area contributed by atoms with Crippen molar-refractivity contribution in [3.8, 4) is 0 Å². The zero-order valence-corrected chi connectivity index (χ0v) is 7.05. The maximum Gasteiger partial charge on any atom is -0.00807 e. The largest absolute Gasteiger partial charge is 0.0885 e. The molecule has 0 radical (unpaired) electrons. The number of hydrogen-bond donors (Lipinski definition) is 0. The van der Waals surface area contributed by atoms with Crippen LogP contribution in [0.2, 0.25) is 0 Å². The molecule has 60 valence electrons. The summed E-state index contributed by atoms with van der Waals surface area (Å²) in [6.45, 7) is 0. The third-order valence-corrected chi connectivity index (χ3v) is 3.02. The molecule has 0 aromatic rings. The van der Waals surface area contributed by atoms with E-state index in [1.807, 2.05) is 0 Å². The summed E-state index contributed by atoms with van der Waals surface area (Å²) in [6.07, 6.45) is 17.7. The van der Waals surface area contributed by atoms with Crippen molar-refractivity contribution in [3.63, 3.8) is 0 Å². The van der Waals surface area contributed by atoms with Crippen LogP contribution < -0.4 is 0 Å². The topological polar surface area (TPSA) is 0 Å². The Labute approximate surface area is 69.0 Å². The fourth-order valence-electron chi connectivity index (χ4n) is 2.28. The first-order valence-electron chi connectivity index (χ1n) is 4.74. The first kappa shape index (κ1) is 7.15. The van der Waals surface area contributed by atoms with Crippen molar-refractivity contribution in [2.45, 2.75) is 38.5 Å². The minimum Gasteiger partial charge on any atom is -0.0885 e. The van der Waals surface area contributed by atoms with Gasteiger partial charge >= 0.3 is 0 Å². The van der Waals surface area contributed by atoms with E-state index in [-0.39, 0.29) is 0 Å². The molecular formula is C11H16. The molecule has 0 aliphatic heterocycles. The van der Waals surface area contributed by atoms with Crippen molar-refractivity contribution in [3.05, 3.63) is 24.3 Å². The molecule has 0 bridgehead atoms. The number of rotatable bonds is 0. The minimum absolute atomic E-state index is 0.590. The number of allylic oxidation sites excluding steroid dienone is 4. The highest BCUT2D eigenvalue weighted by Gasteiger charge is 2.27. The van der Waals surface area contributed by atoms with Gasteiger partial charge in [-0.05, 0) is 43.9 Å². The third-order valence-electron chi connectivity index (χ3n) is 3.02. The van der Waals surface area contributed by atoms with Gasteiger partial charge < -0.3 is 0 Å². The maximum absolute atomic E-state index is 2.47. The Balaban J connectivity index is 2.13. The smallest absolute Gasteiger partial charge is 0.00807 e. The molecule has 2 aliphatic rings. The molecule has 1 spiro atoms. The van der Waals surface area contributed by atoms with Gasteiger partial charge in [0.25, 0.3) is 0 Å². The molecule has 0 saturated carbocycles. The fourth-order valence-corrected chi connectivity index (χ4v) is 2.28. The predicted molar refractivity (Wildman–Crippen MR) is 48.4 cm³/mol. The molecule has 2 rings (SSSR count). The SMILES string of the molecule is C1=CC2(CC=CCC2)CCC1. The average molecular weight is 148 g/mol. The molecule has 0 nitrogen and oxygen atoms in total. The first-order chi connectivity index (χ1) is 5.41. The minimum atomic E-state index is 0.590. The van der Waals surface area contributed by atoms with Gasteiger partial charge in [0.15, 0.2) is 0 Å². The Morgan fingerprint density at radius 3 is 2.55 bits per heavy atom. The van der Waals surface area contributed by atoms with Crippen LogP contribution in [-0.4, -0.2) is 0 Å². The molecule has 11 heavy (non-hydrogen) atoms. The van der Waals surface area contributed by atoms with Crippen LogP contribution in [0.4, 0.5) is 0 Å². The van der Waals surface area contributed by atoms with Gasteiger partial charge in [-0.15, -0.1) is 0 Å². The summed E-state index contributed by atoms with van der Waals surface area (Å²) >= 11 is 0. The van der Waals surface area contributed by atoms with Crippen molar-refractivity contribution < 1.29 is 0 Å². The molecule has 0 heterocycles. The van der Waals surface area contributed by atoms with Gasteiger partial charge in [0.2, 0.25) is 0 Å². The van der Waals surface area contributed by atoms with E-state index in [0.717, 1.165) is 0 Å². The number of hydrogen-bond acceptors (Lipinski definition) is 0. The van der Waals surface area contributed by atoms with E-state index in [9.17, 15) is 0 Å². The Hall–Kier alpha value is -0.520. The van der Waals surface area contributed by atoms with Crippen LogP contribution >= 0.6 is 0 Å². The lowest BCUT2D eigenvalue weighted by Crippen LogP contribution is -2.21. The summed E-state index contributed by atoms with van der Waals surface area (Å²) in [6, 6.07) is 0. The van der Waals surface area contributed by atoms with Gasteiger partial charge in [-0.1, -0.05) is 24.3 Å². The fraction of sp³-hybridized carbons (Fsp3) is 0.636. The Morgan fingerprint density at radius 2 is 1.91 bits per heavy atom. The van der Waals surface area contributed by atoms with Gasteiger partial charge in [0, 0.05) is 0 Å². The summed E-state index contributed by atoms with van der Waals surface area (Å²) in [5.74, 6) is 0. The van der Waals surface area contributed by atoms with E-state index < -0.39 is 0 Å². The standard InChI is InChI=1S/C11H16/c1-3-7-11(8-4-1)9-5-2-6-10-11/h1,3,5,9H,2,4,6-8,10H2. The van der Waals surface area contributed by atoms with Gasteiger partial charge in [-0.25, -0.2) is 0 Å². The molecule has 0 aromatic heterocycles. The summed E-state index contributed by atoms with van der Waals surface area (Å²) in [5, 5.41) is 0.